The molecule has 4 aromatic rings. The van der Waals surface area contributed by atoms with E-state index in [-0.39, 0.29) is 0 Å². The van der Waals surface area contributed by atoms with Crippen molar-refractivity contribution in [2.24, 2.45) is 0 Å². The van der Waals surface area contributed by atoms with Crippen LogP contribution in [0.1, 0.15) is 18.5 Å². The normalized spacial score (nSPS) is 14.9. The fourth-order valence-corrected chi connectivity index (χ4v) is 3.93. The molecule has 31 heavy (non-hydrogen) atoms. The number of aryl methyl sites for hydroxylation is 1. The van der Waals surface area contributed by atoms with Crippen molar-refractivity contribution in [3.63, 3.8) is 0 Å². The lowest BCUT2D eigenvalue weighted by molar-refractivity contribution is 0.277. The number of methoxy groups -OCH3 is 1. The molecule has 1 N–H and O–H groups in total. The highest BCUT2D eigenvalue weighted by Gasteiger charge is 2.21. The van der Waals surface area contributed by atoms with Crippen molar-refractivity contribution in [2.75, 3.05) is 30.4 Å². The summed E-state index contributed by atoms with van der Waals surface area (Å²) in [6, 6.07) is 9.77. The van der Waals surface area contributed by atoms with Crippen LogP contribution in [0.4, 0.5) is 21.7 Å². The molecule has 8 nitrogen and oxygen atoms in total. The molecule has 4 heterocycles. The SMILES string of the molecule is COc1cc(Nc2nc3c(N4CCC(F)CC4)cccn3n2)ccc1-n1cnc(C)c1. The van der Waals surface area contributed by atoms with Gasteiger partial charge < -0.3 is 19.5 Å². The minimum absolute atomic E-state index is 0.487. The molecular formula is C22H24FN7O. The largest absolute Gasteiger partial charge is 0.494 e. The van der Waals surface area contributed by atoms with Crippen molar-refractivity contribution in [2.45, 2.75) is 25.9 Å². The number of halogens is 1. The monoisotopic (exact) mass is 421 g/mol. The number of aromatic nitrogens is 5. The van der Waals surface area contributed by atoms with Crippen molar-refractivity contribution in [3.05, 3.63) is 54.7 Å². The van der Waals surface area contributed by atoms with Gasteiger partial charge in [-0.1, -0.05) is 0 Å². The molecule has 0 aliphatic carbocycles. The zero-order chi connectivity index (χ0) is 21.4. The van der Waals surface area contributed by atoms with Crippen LogP contribution in [0.2, 0.25) is 0 Å². The molecule has 5 rings (SSSR count). The van der Waals surface area contributed by atoms with E-state index < -0.39 is 6.17 Å². The minimum atomic E-state index is -0.713. The molecule has 0 amide bonds. The van der Waals surface area contributed by atoms with Gasteiger partial charge in [0.15, 0.2) is 5.65 Å². The summed E-state index contributed by atoms with van der Waals surface area (Å²) in [5.41, 5.74) is 4.37. The van der Waals surface area contributed by atoms with Crippen LogP contribution in [0.25, 0.3) is 11.3 Å². The fraction of sp³-hybridized carbons (Fsp3) is 0.318. The van der Waals surface area contributed by atoms with E-state index in [1.165, 1.54) is 0 Å². The number of pyridine rings is 1. The Morgan fingerprint density at radius 2 is 2.00 bits per heavy atom. The number of hydrogen-bond acceptors (Lipinski definition) is 6. The van der Waals surface area contributed by atoms with Crippen LogP contribution in [-0.4, -0.2) is 50.5 Å². The molecule has 1 aromatic carbocycles. The van der Waals surface area contributed by atoms with Gasteiger partial charge in [-0.15, -0.1) is 5.10 Å². The lowest BCUT2D eigenvalue weighted by atomic mass is 10.1. The third-order valence-corrected chi connectivity index (χ3v) is 5.53. The summed E-state index contributed by atoms with van der Waals surface area (Å²) in [7, 11) is 1.64. The molecule has 0 spiro atoms. The molecule has 1 aliphatic rings. The van der Waals surface area contributed by atoms with Crippen LogP contribution in [0.3, 0.4) is 0 Å². The van der Waals surface area contributed by atoms with Crippen molar-refractivity contribution in [1.82, 2.24) is 24.1 Å². The Bertz CT molecular complexity index is 1210. The summed E-state index contributed by atoms with van der Waals surface area (Å²) in [4.78, 5) is 11.1. The Balaban J connectivity index is 1.42. The first kappa shape index (κ1) is 19.3. The molecule has 0 radical (unpaired) electrons. The van der Waals surface area contributed by atoms with Gasteiger partial charge in [0.05, 0.1) is 30.5 Å². The number of anilines is 3. The molecule has 0 bridgehead atoms. The minimum Gasteiger partial charge on any atom is -0.494 e. The summed E-state index contributed by atoms with van der Waals surface area (Å²) in [5, 5.41) is 7.82. The Morgan fingerprint density at radius 1 is 1.16 bits per heavy atom. The molecule has 0 atom stereocenters. The van der Waals surface area contributed by atoms with Gasteiger partial charge >= 0.3 is 0 Å². The third-order valence-electron chi connectivity index (χ3n) is 5.53. The number of imidazole rings is 1. The highest BCUT2D eigenvalue weighted by molar-refractivity contribution is 5.71. The Morgan fingerprint density at radius 3 is 2.74 bits per heavy atom. The summed E-state index contributed by atoms with van der Waals surface area (Å²) in [6.07, 6.45) is 5.95. The van der Waals surface area contributed by atoms with Crippen LogP contribution >= 0.6 is 0 Å². The second-order valence-electron chi connectivity index (χ2n) is 7.69. The second-order valence-corrected chi connectivity index (χ2v) is 7.69. The topological polar surface area (TPSA) is 72.5 Å². The number of nitrogens with one attached hydrogen (secondary N) is 1. The van der Waals surface area contributed by atoms with E-state index in [2.05, 4.69) is 20.3 Å². The van der Waals surface area contributed by atoms with Gasteiger partial charge in [-0.3, -0.25) is 0 Å². The average molecular weight is 421 g/mol. The van der Waals surface area contributed by atoms with Crippen molar-refractivity contribution in [1.29, 1.82) is 0 Å². The average Bonchev–Trinajstić information content (AvgIpc) is 3.39. The maximum Gasteiger partial charge on any atom is 0.247 e. The first-order valence-electron chi connectivity index (χ1n) is 10.3. The number of piperidine rings is 1. The number of rotatable bonds is 5. The molecular weight excluding hydrogens is 397 g/mol. The van der Waals surface area contributed by atoms with Gasteiger partial charge in [0.1, 0.15) is 11.9 Å². The van der Waals surface area contributed by atoms with E-state index in [1.54, 1.807) is 18.0 Å². The Labute approximate surface area is 179 Å². The summed E-state index contributed by atoms with van der Waals surface area (Å²) >= 11 is 0. The zero-order valence-electron chi connectivity index (χ0n) is 17.5. The number of fused-ring (bicyclic) bond motifs is 1. The molecule has 9 heteroatoms. The number of alkyl halides is 1. The lowest BCUT2D eigenvalue weighted by Gasteiger charge is -2.30. The van der Waals surface area contributed by atoms with Crippen molar-refractivity contribution in [3.8, 4) is 11.4 Å². The van der Waals surface area contributed by atoms with Gasteiger partial charge in [0, 0.05) is 37.2 Å². The van der Waals surface area contributed by atoms with Crippen LogP contribution in [0.5, 0.6) is 5.75 Å². The smallest absolute Gasteiger partial charge is 0.247 e. The van der Waals surface area contributed by atoms with Crippen LogP contribution in [-0.2, 0) is 0 Å². The molecule has 1 aliphatic heterocycles. The van der Waals surface area contributed by atoms with E-state index in [0.29, 0.717) is 37.6 Å². The highest BCUT2D eigenvalue weighted by atomic mass is 19.1. The summed E-state index contributed by atoms with van der Waals surface area (Å²) < 4.78 is 22.8. The first-order valence-corrected chi connectivity index (χ1v) is 10.3. The summed E-state index contributed by atoms with van der Waals surface area (Å²) in [5.74, 6) is 1.20. The lowest BCUT2D eigenvalue weighted by Crippen LogP contribution is -2.34. The fourth-order valence-electron chi connectivity index (χ4n) is 3.93. The predicted octanol–water partition coefficient (Wildman–Crippen LogP) is 3.91. The molecule has 0 saturated carbocycles. The van der Waals surface area contributed by atoms with Crippen LogP contribution < -0.4 is 15.0 Å². The van der Waals surface area contributed by atoms with Gasteiger partial charge in [0.25, 0.3) is 0 Å². The van der Waals surface area contributed by atoms with Crippen molar-refractivity contribution >= 4 is 23.0 Å². The Kier molecular flexibility index (Phi) is 4.93. The first-order chi connectivity index (χ1) is 15.1. The van der Waals surface area contributed by atoms with Crippen molar-refractivity contribution < 1.29 is 9.13 Å². The Hall–Kier alpha value is -3.62. The van der Waals surface area contributed by atoms with Gasteiger partial charge in [-0.2, -0.15) is 4.98 Å². The molecule has 0 unspecified atom stereocenters. The summed E-state index contributed by atoms with van der Waals surface area (Å²) in [6.45, 7) is 3.31. The third kappa shape index (κ3) is 3.78. The van der Waals surface area contributed by atoms with E-state index >= 15 is 0 Å². The molecule has 160 valence electrons. The van der Waals surface area contributed by atoms with Gasteiger partial charge in [0.2, 0.25) is 5.95 Å². The molecule has 1 fully saturated rings. The number of hydrogen-bond donors (Lipinski definition) is 1. The molecule has 3 aromatic heterocycles. The molecule has 1 saturated heterocycles. The zero-order valence-corrected chi connectivity index (χ0v) is 17.5. The van der Waals surface area contributed by atoms with Crippen LogP contribution in [0, 0.1) is 6.92 Å². The number of nitrogens with zero attached hydrogens (tertiary/aromatic N) is 6. The second kappa shape index (κ2) is 7.90. The number of ether oxygens (including phenoxy) is 1. The van der Waals surface area contributed by atoms with E-state index in [4.69, 9.17) is 9.72 Å². The van der Waals surface area contributed by atoms with E-state index in [0.717, 1.165) is 28.4 Å². The number of benzene rings is 1. The van der Waals surface area contributed by atoms with Gasteiger partial charge in [-0.25, -0.2) is 13.9 Å². The highest BCUT2D eigenvalue weighted by Crippen LogP contribution is 2.29. The van der Waals surface area contributed by atoms with Gasteiger partial charge in [-0.05, 0) is 44.0 Å². The predicted molar refractivity (Wildman–Crippen MR) is 117 cm³/mol. The standard InChI is InChI=1S/C22H24FN7O/c1-15-13-29(14-24-15)18-6-5-17(12-20(18)31-2)25-22-26-21-19(4-3-9-30(21)27-22)28-10-7-16(23)8-11-28/h3-6,9,12-14,16H,7-8,10-11H2,1-2H3,(H,25,27). The maximum atomic E-state index is 13.5. The van der Waals surface area contributed by atoms with E-state index in [9.17, 15) is 4.39 Å². The maximum absolute atomic E-state index is 13.5. The van der Waals surface area contributed by atoms with E-state index in [1.807, 2.05) is 54.2 Å². The quantitative estimate of drug-likeness (QED) is 0.527. The van der Waals surface area contributed by atoms with Crippen LogP contribution in [0.15, 0.2) is 49.1 Å².